The normalized spacial score (nSPS) is 28.9. The molecule has 0 bridgehead atoms. The van der Waals surface area contributed by atoms with E-state index in [1.165, 1.54) is 45.1 Å². The maximum atomic E-state index is 6.14. The summed E-state index contributed by atoms with van der Waals surface area (Å²) in [5, 5.41) is 3.48. The molecule has 2 unspecified atom stereocenters. The Morgan fingerprint density at radius 3 is 2.42 bits per heavy atom. The maximum Gasteiger partial charge on any atom is 0.0707 e. The first-order chi connectivity index (χ1) is 9.13. The Hall–Kier alpha value is -0.120. The minimum Gasteiger partial charge on any atom is -0.372 e. The molecule has 1 aliphatic carbocycles. The van der Waals surface area contributed by atoms with Gasteiger partial charge in [0.2, 0.25) is 0 Å². The van der Waals surface area contributed by atoms with E-state index >= 15 is 0 Å². The molecule has 1 heterocycles. The highest BCUT2D eigenvalue weighted by atomic mass is 16.5. The summed E-state index contributed by atoms with van der Waals surface area (Å²) in [6.45, 7) is 7.80. The van der Waals surface area contributed by atoms with Crippen LogP contribution in [-0.2, 0) is 4.74 Å². The van der Waals surface area contributed by atoms with Gasteiger partial charge in [-0.15, -0.1) is 0 Å². The zero-order valence-corrected chi connectivity index (χ0v) is 13.0. The van der Waals surface area contributed by atoms with Crippen molar-refractivity contribution in [1.82, 2.24) is 10.2 Å². The number of ether oxygens (including phenoxy) is 1. The van der Waals surface area contributed by atoms with Gasteiger partial charge in [-0.25, -0.2) is 0 Å². The van der Waals surface area contributed by atoms with Gasteiger partial charge in [-0.1, -0.05) is 26.7 Å². The van der Waals surface area contributed by atoms with Gasteiger partial charge < -0.3 is 15.0 Å². The number of likely N-dealkylation sites (N-methyl/N-ethyl adjacent to an activating group) is 1. The van der Waals surface area contributed by atoms with Crippen molar-refractivity contribution in [2.24, 2.45) is 5.92 Å². The largest absolute Gasteiger partial charge is 0.372 e. The van der Waals surface area contributed by atoms with E-state index in [0.717, 1.165) is 19.0 Å². The zero-order chi connectivity index (χ0) is 13.7. The first-order valence-corrected chi connectivity index (χ1v) is 8.21. The van der Waals surface area contributed by atoms with Crippen molar-refractivity contribution in [3.05, 3.63) is 0 Å². The third-order valence-electron chi connectivity index (χ3n) is 4.51. The molecule has 1 N–H and O–H groups in total. The average Bonchev–Trinajstić information content (AvgIpc) is 2.98. The Balaban J connectivity index is 1.60. The standard InChI is InChI=1S/C16H32N2O/c1-13(2)17-10-15-8-9-16(19-15)12-18(3)11-14-6-4-5-7-14/h13-17H,4-12H2,1-3H3. The van der Waals surface area contributed by atoms with Crippen molar-refractivity contribution >= 4 is 0 Å². The van der Waals surface area contributed by atoms with Crippen LogP contribution in [0.1, 0.15) is 52.4 Å². The number of hydrogen-bond donors (Lipinski definition) is 1. The van der Waals surface area contributed by atoms with Gasteiger partial charge >= 0.3 is 0 Å². The minimum atomic E-state index is 0.437. The van der Waals surface area contributed by atoms with Gasteiger partial charge in [0.05, 0.1) is 12.2 Å². The maximum absolute atomic E-state index is 6.14. The first-order valence-electron chi connectivity index (χ1n) is 8.21. The summed E-state index contributed by atoms with van der Waals surface area (Å²) in [5.41, 5.74) is 0. The van der Waals surface area contributed by atoms with Gasteiger partial charge in [0.15, 0.2) is 0 Å². The minimum absolute atomic E-state index is 0.437. The van der Waals surface area contributed by atoms with Crippen LogP contribution in [0.5, 0.6) is 0 Å². The van der Waals surface area contributed by atoms with E-state index in [9.17, 15) is 0 Å². The molecular formula is C16H32N2O. The van der Waals surface area contributed by atoms with E-state index in [-0.39, 0.29) is 0 Å². The van der Waals surface area contributed by atoms with Crippen molar-refractivity contribution in [3.63, 3.8) is 0 Å². The van der Waals surface area contributed by atoms with Crippen molar-refractivity contribution in [2.75, 3.05) is 26.7 Å². The van der Waals surface area contributed by atoms with Crippen LogP contribution < -0.4 is 5.32 Å². The van der Waals surface area contributed by atoms with E-state index in [1.54, 1.807) is 0 Å². The van der Waals surface area contributed by atoms with E-state index in [1.807, 2.05) is 0 Å². The van der Waals surface area contributed by atoms with Crippen LogP contribution in [0.2, 0.25) is 0 Å². The summed E-state index contributed by atoms with van der Waals surface area (Å²) in [5.74, 6) is 0.949. The predicted octanol–water partition coefficient (Wildman–Crippen LogP) is 2.65. The molecule has 3 heteroatoms. The highest BCUT2D eigenvalue weighted by Gasteiger charge is 2.26. The van der Waals surface area contributed by atoms with Gasteiger partial charge in [0.25, 0.3) is 0 Å². The second-order valence-electron chi connectivity index (χ2n) is 6.89. The molecule has 2 atom stereocenters. The van der Waals surface area contributed by atoms with Gasteiger partial charge in [-0.2, -0.15) is 0 Å². The SMILES string of the molecule is CC(C)NCC1CCC(CN(C)CC2CCCC2)O1. The molecule has 0 amide bonds. The molecule has 3 nitrogen and oxygen atoms in total. The summed E-state index contributed by atoms with van der Waals surface area (Å²) < 4.78 is 6.14. The lowest BCUT2D eigenvalue weighted by Gasteiger charge is -2.24. The smallest absolute Gasteiger partial charge is 0.0707 e. The van der Waals surface area contributed by atoms with Crippen LogP contribution in [0.15, 0.2) is 0 Å². The summed E-state index contributed by atoms with van der Waals surface area (Å²) in [4.78, 5) is 2.50. The monoisotopic (exact) mass is 268 g/mol. The zero-order valence-electron chi connectivity index (χ0n) is 13.0. The molecule has 112 valence electrons. The predicted molar refractivity (Wildman–Crippen MR) is 80.5 cm³/mol. The van der Waals surface area contributed by atoms with Gasteiger partial charge in [0, 0.05) is 25.7 Å². The van der Waals surface area contributed by atoms with Crippen LogP contribution >= 0.6 is 0 Å². The summed E-state index contributed by atoms with van der Waals surface area (Å²) >= 11 is 0. The van der Waals surface area contributed by atoms with Crippen molar-refractivity contribution in [1.29, 1.82) is 0 Å². The van der Waals surface area contributed by atoms with E-state index < -0.39 is 0 Å². The van der Waals surface area contributed by atoms with Crippen molar-refractivity contribution in [3.8, 4) is 0 Å². The Morgan fingerprint density at radius 2 is 1.74 bits per heavy atom. The van der Waals surface area contributed by atoms with E-state index in [2.05, 4.69) is 31.1 Å². The fraction of sp³-hybridized carbons (Fsp3) is 1.00. The molecule has 19 heavy (non-hydrogen) atoms. The van der Waals surface area contributed by atoms with E-state index in [0.29, 0.717) is 18.2 Å². The molecule has 2 rings (SSSR count). The second kappa shape index (κ2) is 7.61. The molecule has 0 aromatic carbocycles. The molecule has 2 fully saturated rings. The van der Waals surface area contributed by atoms with Gasteiger partial charge in [0.1, 0.15) is 0 Å². The molecule has 1 saturated heterocycles. The highest BCUT2D eigenvalue weighted by molar-refractivity contribution is 4.79. The van der Waals surface area contributed by atoms with Crippen LogP contribution in [0.3, 0.4) is 0 Å². The number of rotatable bonds is 7. The van der Waals surface area contributed by atoms with Crippen molar-refractivity contribution < 1.29 is 4.74 Å². The number of nitrogens with zero attached hydrogens (tertiary/aromatic N) is 1. The lowest BCUT2D eigenvalue weighted by molar-refractivity contribution is 0.0249. The topological polar surface area (TPSA) is 24.5 Å². The molecule has 1 aliphatic heterocycles. The first kappa shape index (κ1) is 15.3. The third-order valence-corrected chi connectivity index (χ3v) is 4.51. The molecule has 0 aromatic rings. The fourth-order valence-corrected chi connectivity index (χ4v) is 3.49. The molecule has 0 aromatic heterocycles. The van der Waals surface area contributed by atoms with Crippen LogP contribution in [0.25, 0.3) is 0 Å². The molecule has 1 saturated carbocycles. The fourth-order valence-electron chi connectivity index (χ4n) is 3.49. The third kappa shape index (κ3) is 5.41. The Morgan fingerprint density at radius 1 is 1.05 bits per heavy atom. The van der Waals surface area contributed by atoms with Crippen molar-refractivity contribution in [2.45, 2.75) is 70.6 Å². The van der Waals surface area contributed by atoms with E-state index in [4.69, 9.17) is 4.74 Å². The average molecular weight is 268 g/mol. The Bertz CT molecular complexity index is 251. The van der Waals surface area contributed by atoms with Crippen LogP contribution in [0.4, 0.5) is 0 Å². The molecule has 0 spiro atoms. The van der Waals surface area contributed by atoms with Gasteiger partial charge in [-0.05, 0) is 38.6 Å². The Kier molecular flexibility index (Phi) is 6.11. The summed E-state index contributed by atoms with van der Waals surface area (Å²) in [7, 11) is 2.27. The lowest BCUT2D eigenvalue weighted by Crippen LogP contribution is -2.35. The summed E-state index contributed by atoms with van der Waals surface area (Å²) in [6.07, 6.45) is 9.13. The number of hydrogen-bond acceptors (Lipinski definition) is 3. The molecular weight excluding hydrogens is 236 g/mol. The summed E-state index contributed by atoms with van der Waals surface area (Å²) in [6, 6.07) is 0.563. The number of nitrogens with one attached hydrogen (secondary N) is 1. The molecule has 2 aliphatic rings. The highest BCUT2D eigenvalue weighted by Crippen LogP contribution is 2.26. The molecule has 0 radical (unpaired) electrons. The Labute approximate surface area is 119 Å². The second-order valence-corrected chi connectivity index (χ2v) is 6.89. The quantitative estimate of drug-likeness (QED) is 0.768. The van der Waals surface area contributed by atoms with Gasteiger partial charge in [-0.3, -0.25) is 0 Å². The lowest BCUT2D eigenvalue weighted by atomic mass is 10.1. The van der Waals surface area contributed by atoms with Crippen LogP contribution in [0, 0.1) is 5.92 Å². The van der Waals surface area contributed by atoms with Crippen LogP contribution in [-0.4, -0.2) is 49.8 Å².